The number of primary amides is 1. The largest absolute Gasteiger partial charge is 0.369 e. The average molecular weight is 341 g/mol. The maximum absolute atomic E-state index is 11.8. The minimum atomic E-state index is -0.465. The van der Waals surface area contributed by atoms with Crippen molar-refractivity contribution in [2.24, 2.45) is 5.73 Å². The smallest absolute Gasteiger partial charge is 0.249 e. The Bertz CT molecular complexity index is 854. The van der Waals surface area contributed by atoms with Crippen molar-refractivity contribution in [2.45, 2.75) is 0 Å². The molecule has 0 saturated carbocycles. The number of amides is 1. The standard InChI is InChI=1S/C18H16N4O.ClH/c19-17(23)15(10-12-4-2-1-3-5-12)13-6-8-14(9-7-13)16-11-21-18(20)22-16;/h1-11H,(H2,19,23)(H3,20,21,22);1H/b15-10-;. The van der Waals surface area contributed by atoms with Gasteiger partial charge in [-0.3, -0.25) is 4.79 Å². The second-order valence-corrected chi connectivity index (χ2v) is 5.09. The van der Waals surface area contributed by atoms with Gasteiger partial charge in [0, 0.05) is 5.57 Å². The summed E-state index contributed by atoms with van der Waals surface area (Å²) in [6, 6.07) is 17.1. The number of rotatable bonds is 4. The van der Waals surface area contributed by atoms with E-state index in [1.807, 2.05) is 54.6 Å². The van der Waals surface area contributed by atoms with Gasteiger partial charge < -0.3 is 16.5 Å². The van der Waals surface area contributed by atoms with Gasteiger partial charge in [0.25, 0.3) is 0 Å². The van der Waals surface area contributed by atoms with Gasteiger partial charge >= 0.3 is 0 Å². The molecule has 0 atom stereocenters. The van der Waals surface area contributed by atoms with Gasteiger partial charge in [-0.2, -0.15) is 0 Å². The van der Waals surface area contributed by atoms with E-state index >= 15 is 0 Å². The molecule has 0 unspecified atom stereocenters. The van der Waals surface area contributed by atoms with E-state index in [0.29, 0.717) is 11.5 Å². The number of hydrogen-bond acceptors (Lipinski definition) is 3. The molecule has 1 aromatic heterocycles. The topological polar surface area (TPSA) is 97.8 Å². The van der Waals surface area contributed by atoms with Crippen LogP contribution in [0.25, 0.3) is 22.9 Å². The molecule has 3 aromatic rings. The van der Waals surface area contributed by atoms with Gasteiger partial charge in [-0.05, 0) is 22.8 Å². The Hall–Kier alpha value is -3.05. The summed E-state index contributed by atoms with van der Waals surface area (Å²) in [5.41, 5.74) is 15.0. The zero-order chi connectivity index (χ0) is 16.2. The van der Waals surface area contributed by atoms with Crippen LogP contribution in [0.5, 0.6) is 0 Å². The molecule has 1 heterocycles. The first kappa shape index (κ1) is 17.3. The third-order valence-electron chi connectivity index (χ3n) is 3.48. The van der Waals surface area contributed by atoms with E-state index in [1.54, 1.807) is 12.3 Å². The van der Waals surface area contributed by atoms with Crippen LogP contribution in [0.1, 0.15) is 11.1 Å². The monoisotopic (exact) mass is 340 g/mol. The molecule has 24 heavy (non-hydrogen) atoms. The second-order valence-electron chi connectivity index (χ2n) is 5.09. The normalized spacial score (nSPS) is 10.9. The molecule has 0 fully saturated rings. The Kier molecular flexibility index (Phi) is 5.39. The number of H-pyrrole nitrogens is 1. The molecule has 1 amide bonds. The van der Waals surface area contributed by atoms with Crippen molar-refractivity contribution < 1.29 is 4.79 Å². The summed E-state index contributed by atoms with van der Waals surface area (Å²) in [6.45, 7) is 0. The first-order chi connectivity index (χ1) is 11.1. The summed E-state index contributed by atoms with van der Waals surface area (Å²) in [5, 5.41) is 0. The average Bonchev–Trinajstić information content (AvgIpc) is 3.00. The number of nitrogens with two attached hydrogens (primary N) is 2. The number of halogens is 1. The number of aromatic amines is 1. The van der Waals surface area contributed by atoms with Crippen LogP contribution >= 0.6 is 12.4 Å². The van der Waals surface area contributed by atoms with Crippen LogP contribution in [0.3, 0.4) is 0 Å². The van der Waals surface area contributed by atoms with Gasteiger partial charge in [-0.1, -0.05) is 54.6 Å². The first-order valence-electron chi connectivity index (χ1n) is 7.11. The van der Waals surface area contributed by atoms with Crippen molar-refractivity contribution in [3.8, 4) is 11.3 Å². The van der Waals surface area contributed by atoms with Gasteiger partial charge in [0.05, 0.1) is 11.9 Å². The Balaban J connectivity index is 0.00000208. The number of nitrogen functional groups attached to an aromatic ring is 1. The summed E-state index contributed by atoms with van der Waals surface area (Å²) in [7, 11) is 0. The van der Waals surface area contributed by atoms with Crippen molar-refractivity contribution >= 4 is 35.9 Å². The Labute approximate surface area is 145 Å². The second kappa shape index (κ2) is 7.48. The van der Waals surface area contributed by atoms with Crippen LogP contribution in [0.15, 0.2) is 60.8 Å². The highest BCUT2D eigenvalue weighted by atomic mass is 35.5. The molecular weight excluding hydrogens is 324 g/mol. The predicted octanol–water partition coefficient (Wildman–Crippen LogP) is 3.11. The highest BCUT2D eigenvalue weighted by molar-refractivity contribution is 6.23. The molecule has 0 aliphatic carbocycles. The molecule has 122 valence electrons. The van der Waals surface area contributed by atoms with Gasteiger partial charge in [0.2, 0.25) is 5.91 Å². The zero-order valence-corrected chi connectivity index (χ0v) is 13.6. The molecule has 0 saturated heterocycles. The van der Waals surface area contributed by atoms with Gasteiger partial charge in [0.1, 0.15) is 0 Å². The van der Waals surface area contributed by atoms with E-state index in [9.17, 15) is 4.79 Å². The Morgan fingerprint density at radius 3 is 2.25 bits per heavy atom. The van der Waals surface area contributed by atoms with Crippen LogP contribution in [0.4, 0.5) is 5.95 Å². The van der Waals surface area contributed by atoms with Crippen molar-refractivity contribution in [3.05, 3.63) is 71.9 Å². The van der Waals surface area contributed by atoms with E-state index in [1.165, 1.54) is 0 Å². The highest BCUT2D eigenvalue weighted by Gasteiger charge is 2.09. The molecule has 0 aliphatic rings. The number of anilines is 1. The number of carbonyl (C=O) groups is 1. The number of benzene rings is 2. The van der Waals surface area contributed by atoms with Crippen molar-refractivity contribution in [1.82, 2.24) is 9.97 Å². The number of carbonyl (C=O) groups excluding carboxylic acids is 1. The van der Waals surface area contributed by atoms with Crippen molar-refractivity contribution in [3.63, 3.8) is 0 Å². The SMILES string of the molecule is Cl.NC(=O)/C(=C\c1ccccc1)c1ccc(-c2cnc(N)[nH]2)cc1. The Morgan fingerprint density at radius 2 is 1.71 bits per heavy atom. The van der Waals surface area contributed by atoms with Crippen LogP contribution in [0, 0.1) is 0 Å². The summed E-state index contributed by atoms with van der Waals surface area (Å²) in [4.78, 5) is 18.7. The van der Waals surface area contributed by atoms with Crippen molar-refractivity contribution in [1.29, 1.82) is 0 Å². The van der Waals surface area contributed by atoms with Gasteiger partial charge in [0.15, 0.2) is 5.95 Å². The summed E-state index contributed by atoms with van der Waals surface area (Å²) < 4.78 is 0. The molecule has 0 aliphatic heterocycles. The molecule has 5 N–H and O–H groups in total. The molecule has 3 rings (SSSR count). The third kappa shape index (κ3) is 3.83. The first-order valence-corrected chi connectivity index (χ1v) is 7.11. The minimum Gasteiger partial charge on any atom is -0.369 e. The minimum absolute atomic E-state index is 0. The molecule has 0 radical (unpaired) electrons. The number of hydrogen-bond donors (Lipinski definition) is 3. The number of aromatic nitrogens is 2. The molecular formula is C18H17ClN4O. The van der Waals surface area contributed by atoms with E-state index in [4.69, 9.17) is 11.5 Å². The molecule has 2 aromatic carbocycles. The quantitative estimate of drug-likeness (QED) is 0.502. The maximum Gasteiger partial charge on any atom is 0.249 e. The van der Waals surface area contributed by atoms with E-state index in [-0.39, 0.29) is 12.4 Å². The van der Waals surface area contributed by atoms with Crippen LogP contribution < -0.4 is 11.5 Å². The van der Waals surface area contributed by atoms with Crippen molar-refractivity contribution in [2.75, 3.05) is 5.73 Å². The van der Waals surface area contributed by atoms with E-state index in [0.717, 1.165) is 22.4 Å². The summed E-state index contributed by atoms with van der Waals surface area (Å²) >= 11 is 0. The fraction of sp³-hybridized carbons (Fsp3) is 0. The maximum atomic E-state index is 11.8. The summed E-state index contributed by atoms with van der Waals surface area (Å²) in [5.74, 6) is -0.0988. The lowest BCUT2D eigenvalue weighted by atomic mass is 10.0. The molecule has 6 heteroatoms. The van der Waals surface area contributed by atoms with Crippen LogP contribution in [-0.2, 0) is 4.79 Å². The van der Waals surface area contributed by atoms with Gasteiger partial charge in [-0.15, -0.1) is 12.4 Å². The van der Waals surface area contributed by atoms with Crippen LogP contribution in [-0.4, -0.2) is 15.9 Å². The lowest BCUT2D eigenvalue weighted by Crippen LogP contribution is -2.12. The zero-order valence-electron chi connectivity index (χ0n) is 12.8. The van der Waals surface area contributed by atoms with E-state index in [2.05, 4.69) is 9.97 Å². The fourth-order valence-corrected chi connectivity index (χ4v) is 2.33. The molecule has 0 bridgehead atoms. The molecule has 0 spiro atoms. The number of nitrogens with zero attached hydrogens (tertiary/aromatic N) is 1. The number of nitrogens with one attached hydrogen (secondary N) is 1. The molecule has 5 nitrogen and oxygen atoms in total. The lowest BCUT2D eigenvalue weighted by molar-refractivity contribution is -0.112. The summed E-state index contributed by atoms with van der Waals surface area (Å²) in [6.07, 6.45) is 3.45. The fourth-order valence-electron chi connectivity index (χ4n) is 2.33. The highest BCUT2D eigenvalue weighted by Crippen LogP contribution is 2.23. The van der Waals surface area contributed by atoms with Crippen LogP contribution in [0.2, 0.25) is 0 Å². The predicted molar refractivity (Wildman–Crippen MR) is 99.2 cm³/mol. The van der Waals surface area contributed by atoms with Gasteiger partial charge in [-0.25, -0.2) is 4.98 Å². The third-order valence-corrected chi connectivity index (χ3v) is 3.48. The number of imidazole rings is 1. The van der Waals surface area contributed by atoms with E-state index < -0.39 is 5.91 Å². The Morgan fingerprint density at radius 1 is 1.04 bits per heavy atom. The lowest BCUT2D eigenvalue weighted by Gasteiger charge is -2.06.